The lowest BCUT2D eigenvalue weighted by molar-refractivity contribution is 0.173. The highest BCUT2D eigenvalue weighted by molar-refractivity contribution is 9.10. The van der Waals surface area contributed by atoms with Gasteiger partial charge in [-0.3, -0.25) is 0 Å². The number of fused-ring (bicyclic) bond motifs is 3. The maximum atomic E-state index is 5.69. The molecule has 0 fully saturated rings. The maximum Gasteiger partial charge on any atom is 0.231 e. The topological polar surface area (TPSA) is 18.5 Å². The third-order valence-electron chi connectivity index (χ3n) is 6.16. The molecule has 0 radical (unpaired) electrons. The number of allylic oxidation sites excluding steroid dienone is 2. The molecule has 0 bridgehead atoms. The number of halogens is 1. The molecule has 0 N–H and O–H groups in total. The fraction of sp³-hybridized carbons (Fsp3) is 0.304. The van der Waals surface area contributed by atoms with Gasteiger partial charge in [0.25, 0.3) is 0 Å². The third-order valence-corrected chi connectivity index (χ3v) is 6.95. The zero-order chi connectivity index (χ0) is 18.1. The van der Waals surface area contributed by atoms with Crippen molar-refractivity contribution in [2.45, 2.75) is 32.6 Å². The van der Waals surface area contributed by atoms with Gasteiger partial charge in [0, 0.05) is 11.8 Å². The van der Waals surface area contributed by atoms with Crippen LogP contribution in [0, 0.1) is 5.41 Å². The van der Waals surface area contributed by atoms with Gasteiger partial charge in [-0.05, 0) is 56.6 Å². The van der Waals surface area contributed by atoms with E-state index in [0.29, 0.717) is 18.6 Å². The Morgan fingerprint density at radius 1 is 1.12 bits per heavy atom. The van der Waals surface area contributed by atoms with Crippen molar-refractivity contribution in [3.63, 3.8) is 0 Å². The van der Waals surface area contributed by atoms with Crippen molar-refractivity contribution in [3.8, 4) is 11.5 Å². The Kier molecular flexibility index (Phi) is 3.42. The van der Waals surface area contributed by atoms with Gasteiger partial charge in [0.05, 0.1) is 4.47 Å². The van der Waals surface area contributed by atoms with Crippen LogP contribution in [0.15, 0.2) is 46.5 Å². The smallest absolute Gasteiger partial charge is 0.231 e. The monoisotopic (exact) mass is 408 g/mol. The summed E-state index contributed by atoms with van der Waals surface area (Å²) in [6.07, 6.45) is 6.95. The molecule has 2 aromatic rings. The molecule has 5 rings (SSSR count). The van der Waals surface area contributed by atoms with E-state index < -0.39 is 0 Å². The van der Waals surface area contributed by atoms with Crippen molar-refractivity contribution < 1.29 is 9.47 Å². The lowest BCUT2D eigenvalue weighted by Crippen LogP contribution is -2.28. The molecule has 2 unspecified atom stereocenters. The molecular weight excluding hydrogens is 388 g/mol. The molecule has 0 spiro atoms. The summed E-state index contributed by atoms with van der Waals surface area (Å²) in [4.78, 5) is 0. The standard InChI is InChI=1S/C23H21BrO2/c1-13-10-17-16(11-19-22(21(17)24)26-12-25-19)20(13)23(2,3)18-9-8-14-6-4-5-7-15(14)18/h4-11,18,20H,12H2,1-3H3. The highest BCUT2D eigenvalue weighted by Crippen LogP contribution is 2.59. The molecule has 2 aliphatic carbocycles. The SMILES string of the molecule is CC1=Cc2c(cc3c(c2Br)OCO3)C1C(C)(C)C1C=Cc2ccccc21. The lowest BCUT2D eigenvalue weighted by Gasteiger charge is -2.39. The van der Waals surface area contributed by atoms with Crippen molar-refractivity contribution in [3.05, 3.63) is 68.7 Å². The first-order chi connectivity index (χ1) is 12.5. The van der Waals surface area contributed by atoms with Gasteiger partial charge in [-0.2, -0.15) is 0 Å². The molecule has 3 aliphatic rings. The van der Waals surface area contributed by atoms with Crippen molar-refractivity contribution in [2.75, 3.05) is 6.79 Å². The Morgan fingerprint density at radius 3 is 2.77 bits per heavy atom. The molecule has 26 heavy (non-hydrogen) atoms. The highest BCUT2D eigenvalue weighted by atomic mass is 79.9. The molecule has 0 saturated carbocycles. The molecule has 1 heterocycles. The third kappa shape index (κ3) is 2.10. The minimum absolute atomic E-state index is 0.0437. The maximum absolute atomic E-state index is 5.69. The van der Waals surface area contributed by atoms with Gasteiger partial charge in [0.2, 0.25) is 6.79 Å². The van der Waals surface area contributed by atoms with Crippen LogP contribution in [-0.2, 0) is 0 Å². The zero-order valence-corrected chi connectivity index (χ0v) is 16.8. The second-order valence-corrected chi connectivity index (χ2v) is 8.83. The van der Waals surface area contributed by atoms with Gasteiger partial charge in [-0.15, -0.1) is 0 Å². The van der Waals surface area contributed by atoms with E-state index in [1.54, 1.807) is 0 Å². The van der Waals surface area contributed by atoms with Gasteiger partial charge in [-0.25, -0.2) is 0 Å². The van der Waals surface area contributed by atoms with Gasteiger partial charge < -0.3 is 9.47 Å². The summed E-state index contributed by atoms with van der Waals surface area (Å²) in [7, 11) is 0. The van der Waals surface area contributed by atoms with Gasteiger partial charge in [0.1, 0.15) is 0 Å². The zero-order valence-electron chi connectivity index (χ0n) is 15.2. The molecule has 132 valence electrons. The predicted molar refractivity (Wildman–Crippen MR) is 109 cm³/mol. The van der Waals surface area contributed by atoms with Crippen LogP contribution in [0.2, 0.25) is 0 Å². The largest absolute Gasteiger partial charge is 0.454 e. The van der Waals surface area contributed by atoms with Crippen LogP contribution >= 0.6 is 15.9 Å². The molecule has 3 heteroatoms. The summed E-state index contributed by atoms with van der Waals surface area (Å²) < 4.78 is 12.4. The first kappa shape index (κ1) is 16.2. The molecule has 1 aliphatic heterocycles. The lowest BCUT2D eigenvalue weighted by atomic mass is 9.64. The molecule has 2 atom stereocenters. The van der Waals surface area contributed by atoms with Gasteiger partial charge in [0.15, 0.2) is 11.5 Å². The van der Waals surface area contributed by atoms with Gasteiger partial charge in [-0.1, -0.05) is 61.9 Å². The van der Waals surface area contributed by atoms with Crippen molar-refractivity contribution in [2.24, 2.45) is 5.41 Å². The van der Waals surface area contributed by atoms with E-state index in [4.69, 9.17) is 9.47 Å². The Labute approximate surface area is 162 Å². The number of rotatable bonds is 2. The minimum Gasteiger partial charge on any atom is -0.454 e. The Balaban J connectivity index is 1.63. The van der Waals surface area contributed by atoms with Crippen LogP contribution in [0.5, 0.6) is 11.5 Å². The molecule has 0 saturated heterocycles. The summed E-state index contributed by atoms with van der Waals surface area (Å²) in [6.45, 7) is 7.32. The van der Waals surface area contributed by atoms with Crippen LogP contribution in [0.1, 0.15) is 54.9 Å². The molecular formula is C23H21BrO2. The quantitative estimate of drug-likeness (QED) is 0.563. The first-order valence-corrected chi connectivity index (χ1v) is 9.85. The van der Waals surface area contributed by atoms with Crippen LogP contribution in [0.4, 0.5) is 0 Å². The normalized spacial score (nSPS) is 22.4. The molecule has 0 aromatic heterocycles. The molecule has 2 nitrogen and oxygen atoms in total. The van der Waals surface area contributed by atoms with E-state index in [1.807, 2.05) is 0 Å². The number of ether oxygens (including phenoxy) is 2. The second kappa shape index (κ2) is 5.50. The van der Waals surface area contributed by atoms with Crippen molar-refractivity contribution in [1.29, 1.82) is 0 Å². The van der Waals surface area contributed by atoms with E-state index >= 15 is 0 Å². The van der Waals surface area contributed by atoms with E-state index in [1.165, 1.54) is 27.8 Å². The van der Waals surface area contributed by atoms with E-state index in [0.717, 1.165) is 16.0 Å². The summed E-state index contributed by atoms with van der Waals surface area (Å²) >= 11 is 3.75. The van der Waals surface area contributed by atoms with E-state index in [9.17, 15) is 0 Å². The summed E-state index contributed by atoms with van der Waals surface area (Å²) in [6, 6.07) is 10.9. The Hall–Kier alpha value is -2.00. The average Bonchev–Trinajstić information content (AvgIpc) is 3.31. The number of hydrogen-bond donors (Lipinski definition) is 0. The fourth-order valence-corrected chi connectivity index (χ4v) is 5.70. The predicted octanol–water partition coefficient (Wildman–Crippen LogP) is 6.52. The highest BCUT2D eigenvalue weighted by Gasteiger charge is 2.44. The summed E-state index contributed by atoms with van der Waals surface area (Å²) in [5.74, 6) is 2.41. The second-order valence-electron chi connectivity index (χ2n) is 8.04. The fourth-order valence-electron chi connectivity index (χ4n) is 5.04. The van der Waals surface area contributed by atoms with Crippen LogP contribution in [-0.4, -0.2) is 6.79 Å². The van der Waals surface area contributed by atoms with E-state index in [-0.39, 0.29) is 5.41 Å². The van der Waals surface area contributed by atoms with Crippen LogP contribution in [0.3, 0.4) is 0 Å². The first-order valence-electron chi connectivity index (χ1n) is 9.06. The van der Waals surface area contributed by atoms with Gasteiger partial charge >= 0.3 is 0 Å². The summed E-state index contributed by atoms with van der Waals surface area (Å²) in [5.41, 5.74) is 6.78. The number of benzene rings is 2. The van der Waals surface area contributed by atoms with Crippen molar-refractivity contribution in [1.82, 2.24) is 0 Å². The van der Waals surface area contributed by atoms with Crippen LogP contribution in [0.25, 0.3) is 12.2 Å². The molecule has 0 amide bonds. The minimum atomic E-state index is 0.0437. The van der Waals surface area contributed by atoms with Crippen LogP contribution < -0.4 is 9.47 Å². The summed E-state index contributed by atoms with van der Waals surface area (Å²) in [5, 5.41) is 0. The number of hydrogen-bond acceptors (Lipinski definition) is 2. The average molecular weight is 409 g/mol. The Bertz CT molecular complexity index is 984. The van der Waals surface area contributed by atoms with Crippen molar-refractivity contribution >= 4 is 28.1 Å². The Morgan fingerprint density at radius 2 is 1.92 bits per heavy atom. The molecule has 2 aromatic carbocycles. The van der Waals surface area contributed by atoms with E-state index in [2.05, 4.69) is 85.3 Å².